The van der Waals surface area contributed by atoms with E-state index >= 15 is 0 Å². The van der Waals surface area contributed by atoms with Gasteiger partial charge in [0.1, 0.15) is 19.0 Å². The molecule has 0 aliphatic rings. The van der Waals surface area contributed by atoms with E-state index in [2.05, 4.69) is 25.7 Å². The van der Waals surface area contributed by atoms with Crippen LogP contribution in [0.15, 0.2) is 43.2 Å². The molecule has 2 aromatic heterocycles. The van der Waals surface area contributed by atoms with Crippen LogP contribution in [0, 0.1) is 0 Å². The number of carbonyl (C=O) groups excluding carboxylic acids is 1. The molecule has 0 spiro atoms. The van der Waals surface area contributed by atoms with Crippen LogP contribution in [0.25, 0.3) is 5.69 Å². The molecular formula is C15H17N7O2. The van der Waals surface area contributed by atoms with E-state index in [1.807, 2.05) is 16.7 Å². The minimum atomic E-state index is -0.174. The molecule has 0 aliphatic carbocycles. The Labute approximate surface area is 138 Å². The molecule has 124 valence electrons. The highest BCUT2D eigenvalue weighted by molar-refractivity contribution is 5.94. The van der Waals surface area contributed by atoms with Crippen molar-refractivity contribution in [1.82, 2.24) is 34.8 Å². The number of amides is 1. The molecule has 24 heavy (non-hydrogen) atoms. The molecule has 0 fully saturated rings. The molecule has 1 N–H and O–H groups in total. The molecule has 0 atom stereocenters. The van der Waals surface area contributed by atoms with Gasteiger partial charge in [-0.25, -0.2) is 0 Å². The van der Waals surface area contributed by atoms with Gasteiger partial charge in [0.2, 0.25) is 0 Å². The Hall–Kier alpha value is -3.07. The van der Waals surface area contributed by atoms with Gasteiger partial charge >= 0.3 is 0 Å². The summed E-state index contributed by atoms with van der Waals surface area (Å²) in [5, 5.41) is 18.2. The largest absolute Gasteiger partial charge is 0.383 e. The van der Waals surface area contributed by atoms with E-state index in [0.717, 1.165) is 5.69 Å². The topological polar surface area (TPSA) is 99.8 Å². The third-order valence-electron chi connectivity index (χ3n) is 3.49. The Bertz CT molecular complexity index is 781. The number of rotatable bonds is 7. The molecule has 3 aromatic rings. The van der Waals surface area contributed by atoms with Gasteiger partial charge in [0.25, 0.3) is 5.91 Å². The van der Waals surface area contributed by atoms with Gasteiger partial charge in [-0.2, -0.15) is 0 Å². The molecule has 0 radical (unpaired) electrons. The lowest BCUT2D eigenvalue weighted by molar-refractivity contribution is 0.0949. The SMILES string of the molecule is COCCn1cnnc1CNC(=O)c1ccc(-n2cnnc2)cc1. The van der Waals surface area contributed by atoms with Crippen LogP contribution in [0.1, 0.15) is 16.2 Å². The van der Waals surface area contributed by atoms with Crippen molar-refractivity contribution in [3.63, 3.8) is 0 Å². The minimum absolute atomic E-state index is 0.174. The Morgan fingerprint density at radius 1 is 1.12 bits per heavy atom. The fraction of sp³-hybridized carbons (Fsp3) is 0.267. The molecule has 1 amide bonds. The van der Waals surface area contributed by atoms with Crippen LogP contribution in [0.4, 0.5) is 0 Å². The van der Waals surface area contributed by atoms with Crippen LogP contribution < -0.4 is 5.32 Å². The van der Waals surface area contributed by atoms with Crippen molar-refractivity contribution < 1.29 is 9.53 Å². The van der Waals surface area contributed by atoms with Gasteiger partial charge in [0.05, 0.1) is 13.2 Å². The Kier molecular flexibility index (Phi) is 4.92. The van der Waals surface area contributed by atoms with E-state index in [1.54, 1.807) is 42.8 Å². The number of carbonyl (C=O) groups is 1. The Morgan fingerprint density at radius 3 is 2.58 bits per heavy atom. The van der Waals surface area contributed by atoms with Crippen LogP contribution in [-0.4, -0.2) is 49.2 Å². The molecule has 2 heterocycles. The van der Waals surface area contributed by atoms with Crippen LogP contribution in [0.2, 0.25) is 0 Å². The zero-order chi connectivity index (χ0) is 16.8. The number of hydrogen-bond donors (Lipinski definition) is 1. The summed E-state index contributed by atoms with van der Waals surface area (Å²) in [6, 6.07) is 7.17. The summed E-state index contributed by atoms with van der Waals surface area (Å²) >= 11 is 0. The summed E-state index contributed by atoms with van der Waals surface area (Å²) in [5.74, 6) is 0.508. The lowest BCUT2D eigenvalue weighted by atomic mass is 10.2. The molecule has 9 heteroatoms. The number of hydrogen-bond acceptors (Lipinski definition) is 6. The summed E-state index contributed by atoms with van der Waals surface area (Å²) in [7, 11) is 1.63. The van der Waals surface area contributed by atoms with Crippen LogP contribution in [0.5, 0.6) is 0 Å². The number of aromatic nitrogens is 6. The first-order chi connectivity index (χ1) is 11.8. The van der Waals surface area contributed by atoms with Gasteiger partial charge < -0.3 is 14.6 Å². The smallest absolute Gasteiger partial charge is 0.251 e. The minimum Gasteiger partial charge on any atom is -0.383 e. The van der Waals surface area contributed by atoms with Crippen molar-refractivity contribution in [1.29, 1.82) is 0 Å². The maximum absolute atomic E-state index is 12.2. The molecule has 0 saturated heterocycles. The monoisotopic (exact) mass is 327 g/mol. The highest BCUT2D eigenvalue weighted by Crippen LogP contribution is 2.09. The van der Waals surface area contributed by atoms with E-state index < -0.39 is 0 Å². The van der Waals surface area contributed by atoms with Gasteiger partial charge in [-0.3, -0.25) is 9.36 Å². The maximum atomic E-state index is 12.2. The number of benzene rings is 1. The average molecular weight is 327 g/mol. The van der Waals surface area contributed by atoms with E-state index in [0.29, 0.717) is 31.1 Å². The predicted octanol–water partition coefficient (Wildman–Crippen LogP) is 0.435. The molecule has 0 unspecified atom stereocenters. The lowest BCUT2D eigenvalue weighted by Gasteiger charge is -2.08. The third-order valence-corrected chi connectivity index (χ3v) is 3.49. The van der Waals surface area contributed by atoms with Gasteiger partial charge in [-0.15, -0.1) is 20.4 Å². The Balaban J connectivity index is 1.60. The molecule has 0 aliphatic heterocycles. The van der Waals surface area contributed by atoms with Gasteiger partial charge in [-0.1, -0.05) is 0 Å². The summed E-state index contributed by atoms with van der Waals surface area (Å²) in [5.41, 5.74) is 1.45. The van der Waals surface area contributed by atoms with Crippen molar-refractivity contribution in [3.05, 3.63) is 54.6 Å². The number of nitrogens with zero attached hydrogens (tertiary/aromatic N) is 6. The Morgan fingerprint density at radius 2 is 1.88 bits per heavy atom. The number of nitrogens with one attached hydrogen (secondary N) is 1. The zero-order valence-corrected chi connectivity index (χ0v) is 13.2. The normalized spacial score (nSPS) is 10.7. The fourth-order valence-corrected chi connectivity index (χ4v) is 2.17. The quantitative estimate of drug-likeness (QED) is 0.676. The van der Waals surface area contributed by atoms with Crippen LogP contribution in [-0.2, 0) is 17.8 Å². The molecule has 0 bridgehead atoms. The van der Waals surface area contributed by atoms with Gasteiger partial charge in [0, 0.05) is 24.9 Å². The second-order valence-electron chi connectivity index (χ2n) is 5.03. The average Bonchev–Trinajstić information content (AvgIpc) is 3.29. The molecule has 9 nitrogen and oxygen atoms in total. The van der Waals surface area contributed by atoms with Gasteiger partial charge in [0.15, 0.2) is 5.82 Å². The maximum Gasteiger partial charge on any atom is 0.251 e. The lowest BCUT2D eigenvalue weighted by Crippen LogP contribution is -2.25. The first-order valence-electron chi connectivity index (χ1n) is 7.37. The molecular weight excluding hydrogens is 310 g/mol. The van der Waals surface area contributed by atoms with Crippen molar-refractivity contribution in [2.45, 2.75) is 13.1 Å². The van der Waals surface area contributed by atoms with Crippen molar-refractivity contribution in [3.8, 4) is 5.69 Å². The van der Waals surface area contributed by atoms with E-state index in [4.69, 9.17) is 4.74 Å². The molecule has 0 saturated carbocycles. The van der Waals surface area contributed by atoms with Crippen molar-refractivity contribution in [2.24, 2.45) is 0 Å². The van der Waals surface area contributed by atoms with Gasteiger partial charge in [-0.05, 0) is 24.3 Å². The predicted molar refractivity (Wildman–Crippen MR) is 84.4 cm³/mol. The van der Waals surface area contributed by atoms with E-state index in [-0.39, 0.29) is 5.91 Å². The number of ether oxygens (including phenoxy) is 1. The first-order valence-corrected chi connectivity index (χ1v) is 7.37. The highest BCUT2D eigenvalue weighted by atomic mass is 16.5. The van der Waals surface area contributed by atoms with E-state index in [1.165, 1.54) is 0 Å². The van der Waals surface area contributed by atoms with Crippen LogP contribution >= 0.6 is 0 Å². The van der Waals surface area contributed by atoms with Crippen molar-refractivity contribution in [2.75, 3.05) is 13.7 Å². The summed E-state index contributed by atoms with van der Waals surface area (Å²) < 4.78 is 8.64. The standard InChI is InChI=1S/C15H17N7O2/c1-24-7-6-21-11-19-20-14(21)8-16-15(23)12-2-4-13(5-3-12)22-9-17-18-10-22/h2-5,9-11H,6-8H2,1H3,(H,16,23). The molecule has 3 rings (SSSR count). The number of methoxy groups -OCH3 is 1. The van der Waals surface area contributed by atoms with Crippen LogP contribution in [0.3, 0.4) is 0 Å². The molecule has 1 aromatic carbocycles. The van der Waals surface area contributed by atoms with E-state index in [9.17, 15) is 4.79 Å². The second kappa shape index (κ2) is 7.47. The summed E-state index contributed by atoms with van der Waals surface area (Å²) in [6.07, 6.45) is 4.82. The second-order valence-corrected chi connectivity index (χ2v) is 5.03. The first kappa shape index (κ1) is 15.8. The summed E-state index contributed by atoms with van der Waals surface area (Å²) in [6.45, 7) is 1.50. The zero-order valence-electron chi connectivity index (χ0n) is 13.2. The summed E-state index contributed by atoms with van der Waals surface area (Å²) in [4.78, 5) is 12.2. The highest BCUT2D eigenvalue weighted by Gasteiger charge is 2.09. The third kappa shape index (κ3) is 3.63. The fourth-order valence-electron chi connectivity index (χ4n) is 2.17. The van der Waals surface area contributed by atoms with Crippen molar-refractivity contribution >= 4 is 5.91 Å².